The van der Waals surface area contributed by atoms with E-state index < -0.39 is 9.84 Å². The molecule has 0 aliphatic rings. The van der Waals surface area contributed by atoms with Gasteiger partial charge < -0.3 is 10.6 Å². The Bertz CT molecular complexity index is 710. The third-order valence-electron chi connectivity index (χ3n) is 2.79. The van der Waals surface area contributed by atoms with E-state index in [2.05, 4.69) is 10.6 Å². The molecule has 0 bridgehead atoms. The molecule has 0 heterocycles. The maximum atomic E-state index is 11.8. The topological polar surface area (TPSA) is 75.3 Å². The summed E-state index contributed by atoms with van der Waals surface area (Å²) in [6.45, 7) is 0.137. The van der Waals surface area contributed by atoms with E-state index in [0.717, 1.165) is 11.9 Å². The zero-order chi connectivity index (χ0) is 15.3. The van der Waals surface area contributed by atoms with Crippen LogP contribution in [0, 0.1) is 0 Å². The molecule has 2 rings (SSSR count). The third kappa shape index (κ3) is 4.61. The molecule has 0 aliphatic carbocycles. The first-order valence-corrected chi connectivity index (χ1v) is 8.23. The van der Waals surface area contributed by atoms with Crippen molar-refractivity contribution in [1.29, 1.82) is 0 Å². The number of amides is 1. The van der Waals surface area contributed by atoms with Gasteiger partial charge in [0.05, 0.1) is 11.4 Å². The lowest BCUT2D eigenvalue weighted by Gasteiger charge is -2.08. The number of anilines is 2. The van der Waals surface area contributed by atoms with Crippen molar-refractivity contribution in [3.63, 3.8) is 0 Å². The van der Waals surface area contributed by atoms with E-state index >= 15 is 0 Å². The fourth-order valence-corrected chi connectivity index (χ4v) is 2.36. The molecule has 2 aromatic carbocycles. The quantitative estimate of drug-likeness (QED) is 0.887. The number of nitrogens with one attached hydrogen (secondary N) is 2. The number of carbonyl (C=O) groups excluding carboxylic acids is 1. The van der Waals surface area contributed by atoms with Crippen molar-refractivity contribution in [3.05, 3.63) is 54.6 Å². The summed E-state index contributed by atoms with van der Waals surface area (Å²) >= 11 is 0. The van der Waals surface area contributed by atoms with E-state index in [4.69, 9.17) is 0 Å². The summed E-state index contributed by atoms with van der Waals surface area (Å²) in [5.41, 5.74) is 1.42. The Morgan fingerprint density at radius 3 is 2.14 bits per heavy atom. The Morgan fingerprint density at radius 2 is 1.57 bits per heavy atom. The van der Waals surface area contributed by atoms with Gasteiger partial charge in [-0.3, -0.25) is 4.79 Å². The lowest BCUT2D eigenvalue weighted by Crippen LogP contribution is -2.21. The van der Waals surface area contributed by atoms with Gasteiger partial charge >= 0.3 is 0 Å². The summed E-state index contributed by atoms with van der Waals surface area (Å²) < 4.78 is 22.7. The van der Waals surface area contributed by atoms with E-state index in [1.54, 1.807) is 12.1 Å². The van der Waals surface area contributed by atoms with Gasteiger partial charge in [-0.05, 0) is 36.4 Å². The molecule has 0 saturated heterocycles. The van der Waals surface area contributed by atoms with Crippen LogP contribution in [0.4, 0.5) is 11.4 Å². The number of hydrogen-bond donors (Lipinski definition) is 2. The number of benzene rings is 2. The van der Waals surface area contributed by atoms with Crippen LogP contribution < -0.4 is 10.6 Å². The predicted molar refractivity (Wildman–Crippen MR) is 83.1 cm³/mol. The highest BCUT2D eigenvalue weighted by molar-refractivity contribution is 7.90. The Balaban J connectivity index is 1.91. The summed E-state index contributed by atoms with van der Waals surface area (Å²) in [5.74, 6) is -0.203. The third-order valence-corrected chi connectivity index (χ3v) is 3.92. The Morgan fingerprint density at radius 1 is 0.952 bits per heavy atom. The maximum Gasteiger partial charge on any atom is 0.243 e. The monoisotopic (exact) mass is 304 g/mol. The molecule has 110 valence electrons. The molecule has 0 atom stereocenters. The van der Waals surface area contributed by atoms with E-state index in [-0.39, 0.29) is 17.3 Å². The summed E-state index contributed by atoms with van der Waals surface area (Å²) in [6.07, 6.45) is 1.14. The van der Waals surface area contributed by atoms with Crippen LogP contribution >= 0.6 is 0 Å². The second-order valence-electron chi connectivity index (χ2n) is 4.56. The average Bonchev–Trinajstić information content (AvgIpc) is 2.46. The first kappa shape index (κ1) is 15.1. The van der Waals surface area contributed by atoms with Crippen molar-refractivity contribution in [2.45, 2.75) is 4.90 Å². The molecule has 0 saturated carbocycles. The van der Waals surface area contributed by atoms with Crippen LogP contribution in [0.1, 0.15) is 0 Å². The highest BCUT2D eigenvalue weighted by Gasteiger charge is 2.07. The second-order valence-corrected chi connectivity index (χ2v) is 6.58. The molecule has 0 aromatic heterocycles. The van der Waals surface area contributed by atoms with Crippen LogP contribution in [-0.4, -0.2) is 27.1 Å². The van der Waals surface area contributed by atoms with Gasteiger partial charge in [0.1, 0.15) is 0 Å². The van der Waals surface area contributed by atoms with Crippen LogP contribution in [0.25, 0.3) is 0 Å². The van der Waals surface area contributed by atoms with Crippen molar-refractivity contribution < 1.29 is 13.2 Å². The molecule has 0 aliphatic heterocycles. The van der Waals surface area contributed by atoms with E-state index in [1.165, 1.54) is 12.1 Å². The smallest absolute Gasteiger partial charge is 0.243 e. The Labute approximate surface area is 123 Å². The summed E-state index contributed by atoms with van der Waals surface area (Å²) in [5, 5.41) is 5.69. The molecule has 0 spiro atoms. The summed E-state index contributed by atoms with van der Waals surface area (Å²) in [4.78, 5) is 12.0. The Hall–Kier alpha value is -2.34. The number of carbonyl (C=O) groups is 1. The van der Waals surface area contributed by atoms with Gasteiger partial charge in [0.15, 0.2) is 9.84 Å². The molecule has 2 aromatic rings. The van der Waals surface area contributed by atoms with E-state index in [9.17, 15) is 13.2 Å². The number of sulfone groups is 1. The minimum atomic E-state index is -3.22. The van der Waals surface area contributed by atoms with Crippen molar-refractivity contribution >= 4 is 27.1 Å². The predicted octanol–water partition coefficient (Wildman–Crippen LogP) is 2.14. The van der Waals surface area contributed by atoms with Gasteiger partial charge in [0, 0.05) is 17.6 Å². The van der Waals surface area contributed by atoms with Crippen molar-refractivity contribution in [1.82, 2.24) is 0 Å². The molecule has 0 radical (unpaired) electrons. The second kappa shape index (κ2) is 6.41. The van der Waals surface area contributed by atoms with Crippen LogP contribution in [0.2, 0.25) is 0 Å². The van der Waals surface area contributed by atoms with Gasteiger partial charge in [-0.1, -0.05) is 18.2 Å². The zero-order valence-electron chi connectivity index (χ0n) is 11.5. The highest BCUT2D eigenvalue weighted by Crippen LogP contribution is 2.13. The van der Waals surface area contributed by atoms with Crippen LogP contribution in [0.5, 0.6) is 0 Å². The van der Waals surface area contributed by atoms with Crippen molar-refractivity contribution in [2.75, 3.05) is 23.4 Å². The molecular weight excluding hydrogens is 288 g/mol. The SMILES string of the molecule is CS(=O)(=O)c1ccc(NC(=O)CNc2ccccc2)cc1. The molecule has 0 fully saturated rings. The maximum absolute atomic E-state index is 11.8. The fourth-order valence-electron chi connectivity index (χ4n) is 1.73. The normalized spacial score (nSPS) is 10.9. The Kier molecular flexibility index (Phi) is 4.59. The molecular formula is C15H16N2O3S. The van der Waals surface area contributed by atoms with Crippen LogP contribution in [0.3, 0.4) is 0 Å². The fraction of sp³-hybridized carbons (Fsp3) is 0.133. The molecule has 5 nitrogen and oxygen atoms in total. The lowest BCUT2D eigenvalue weighted by atomic mass is 10.3. The molecule has 0 unspecified atom stereocenters. The van der Waals surface area contributed by atoms with Gasteiger partial charge in [-0.2, -0.15) is 0 Å². The minimum Gasteiger partial charge on any atom is -0.376 e. The van der Waals surface area contributed by atoms with Crippen molar-refractivity contribution in [3.8, 4) is 0 Å². The first-order valence-electron chi connectivity index (χ1n) is 6.34. The zero-order valence-corrected chi connectivity index (χ0v) is 12.4. The van der Waals surface area contributed by atoms with Crippen LogP contribution in [-0.2, 0) is 14.6 Å². The standard InChI is InChI=1S/C15H16N2O3S/c1-21(19,20)14-9-7-13(8-10-14)17-15(18)11-16-12-5-3-2-4-6-12/h2-10,16H,11H2,1H3,(H,17,18). The van der Waals surface area contributed by atoms with E-state index in [0.29, 0.717) is 5.69 Å². The molecule has 21 heavy (non-hydrogen) atoms. The van der Waals surface area contributed by atoms with Crippen LogP contribution in [0.15, 0.2) is 59.5 Å². The average molecular weight is 304 g/mol. The molecule has 1 amide bonds. The summed E-state index contributed by atoms with van der Waals surface area (Å²) in [7, 11) is -3.22. The van der Waals surface area contributed by atoms with Gasteiger partial charge in [0.2, 0.25) is 5.91 Å². The number of para-hydroxylation sites is 1. The lowest BCUT2D eigenvalue weighted by molar-refractivity contribution is -0.114. The number of hydrogen-bond acceptors (Lipinski definition) is 4. The highest BCUT2D eigenvalue weighted by atomic mass is 32.2. The largest absolute Gasteiger partial charge is 0.376 e. The van der Waals surface area contributed by atoms with Gasteiger partial charge in [-0.25, -0.2) is 8.42 Å². The number of rotatable bonds is 5. The van der Waals surface area contributed by atoms with Gasteiger partial charge in [-0.15, -0.1) is 0 Å². The van der Waals surface area contributed by atoms with Crippen molar-refractivity contribution in [2.24, 2.45) is 0 Å². The van der Waals surface area contributed by atoms with Gasteiger partial charge in [0.25, 0.3) is 0 Å². The minimum absolute atomic E-state index is 0.137. The van der Waals surface area contributed by atoms with E-state index in [1.807, 2.05) is 30.3 Å². The molecule has 6 heteroatoms. The molecule has 2 N–H and O–H groups in total. The summed E-state index contributed by atoms with van der Waals surface area (Å²) in [6, 6.07) is 15.5. The first-order chi connectivity index (χ1) is 9.95.